The van der Waals surface area contributed by atoms with Gasteiger partial charge in [-0.2, -0.15) is 0 Å². The van der Waals surface area contributed by atoms with Crippen LogP contribution in [0.25, 0.3) is 0 Å². The smallest absolute Gasteiger partial charge is 0.180 e. The molecule has 0 bridgehead atoms. The van der Waals surface area contributed by atoms with E-state index in [0.717, 1.165) is 0 Å². The average molecular weight is 152 g/mol. The van der Waals surface area contributed by atoms with Gasteiger partial charge in [-0.3, -0.25) is 0 Å². The summed E-state index contributed by atoms with van der Waals surface area (Å²) in [5, 5.41) is 0. The lowest BCUT2D eigenvalue weighted by atomic mass is 10.6. The van der Waals surface area contributed by atoms with Gasteiger partial charge in [0.05, 0.1) is 6.20 Å². The van der Waals surface area contributed by atoms with Crippen molar-refractivity contribution < 1.29 is 4.42 Å². The predicted molar refractivity (Wildman–Crippen MR) is 30.9 cm³/mol. The third-order valence-electron chi connectivity index (χ3n) is 0.666. The number of hydrogen-bond acceptors (Lipinski definition) is 2. The van der Waals surface area contributed by atoms with E-state index in [1.54, 1.807) is 0 Å². The maximum absolute atomic E-state index is 5.38. The average Bonchev–Trinajstić information content (AvgIpc) is 2.12. The van der Waals surface area contributed by atoms with E-state index >= 15 is 0 Å². The Labute approximate surface area is 56.4 Å². The van der Waals surface area contributed by atoms with Crippen molar-refractivity contribution in [2.45, 2.75) is 4.84 Å². The van der Waals surface area contributed by atoms with E-state index in [2.05, 4.69) is 4.98 Å². The second-order valence-corrected chi connectivity index (χ2v) is 2.30. The van der Waals surface area contributed by atoms with Gasteiger partial charge in [0.25, 0.3) is 0 Å². The molecule has 0 atom stereocenters. The van der Waals surface area contributed by atoms with Crippen LogP contribution in [0, 0.1) is 0 Å². The molecule has 0 saturated carbocycles. The topological polar surface area (TPSA) is 26.0 Å². The van der Waals surface area contributed by atoms with Crippen molar-refractivity contribution in [1.29, 1.82) is 0 Å². The first kappa shape index (κ1) is 5.92. The van der Waals surface area contributed by atoms with E-state index in [1.807, 2.05) is 0 Å². The molecular formula is C4H3Cl2NO. The summed E-state index contributed by atoms with van der Waals surface area (Å²) >= 11 is 10.8. The van der Waals surface area contributed by atoms with E-state index in [1.165, 1.54) is 12.6 Å². The Morgan fingerprint density at radius 1 is 1.62 bits per heavy atom. The lowest BCUT2D eigenvalue weighted by Gasteiger charge is -1.88. The molecule has 1 aromatic heterocycles. The van der Waals surface area contributed by atoms with E-state index in [-0.39, 0.29) is 0 Å². The highest BCUT2D eigenvalue weighted by Crippen LogP contribution is 2.22. The largest absolute Gasteiger partial charge is 0.446 e. The molecule has 44 valence electrons. The van der Waals surface area contributed by atoms with Gasteiger partial charge >= 0.3 is 0 Å². The van der Waals surface area contributed by atoms with Crippen molar-refractivity contribution in [1.82, 2.24) is 4.98 Å². The van der Waals surface area contributed by atoms with Crippen LogP contribution in [0.1, 0.15) is 10.6 Å². The van der Waals surface area contributed by atoms with Gasteiger partial charge in [-0.1, -0.05) is 23.2 Å². The minimum absolute atomic E-state index is 0.480. The van der Waals surface area contributed by atoms with Crippen molar-refractivity contribution in [3.05, 3.63) is 18.4 Å². The highest BCUT2D eigenvalue weighted by Gasteiger charge is 2.04. The zero-order valence-corrected chi connectivity index (χ0v) is 5.36. The van der Waals surface area contributed by atoms with Crippen LogP contribution in [0.4, 0.5) is 0 Å². The highest BCUT2D eigenvalue weighted by molar-refractivity contribution is 6.43. The van der Waals surface area contributed by atoms with Gasteiger partial charge in [-0.25, -0.2) is 4.98 Å². The molecule has 0 aliphatic rings. The molecule has 0 radical (unpaired) electrons. The Hall–Kier alpha value is -0.210. The maximum Gasteiger partial charge on any atom is 0.180 e. The number of alkyl halides is 2. The Balaban J connectivity index is 2.77. The molecule has 2 nitrogen and oxygen atoms in total. The molecule has 0 aliphatic carbocycles. The first-order chi connectivity index (χ1) is 3.80. The van der Waals surface area contributed by atoms with Gasteiger partial charge in [0.15, 0.2) is 17.0 Å². The van der Waals surface area contributed by atoms with Gasteiger partial charge in [0.2, 0.25) is 0 Å². The normalized spacial score (nSPS) is 10.4. The Morgan fingerprint density at radius 2 is 2.38 bits per heavy atom. The quantitative estimate of drug-likeness (QED) is 0.576. The molecule has 8 heavy (non-hydrogen) atoms. The molecule has 0 spiro atoms. The summed E-state index contributed by atoms with van der Waals surface area (Å²) in [5.41, 5.74) is 0. The second-order valence-electron chi connectivity index (χ2n) is 1.20. The van der Waals surface area contributed by atoms with Gasteiger partial charge in [-0.15, -0.1) is 0 Å². The number of oxazole rings is 1. The zero-order chi connectivity index (χ0) is 5.98. The second kappa shape index (κ2) is 2.37. The standard InChI is InChI=1S/C4H3Cl2NO/c5-4(6)3-1-7-2-8-3/h1-2,4H. The lowest BCUT2D eigenvalue weighted by Crippen LogP contribution is -1.71. The fourth-order valence-corrected chi connectivity index (χ4v) is 0.549. The number of aromatic nitrogens is 1. The van der Waals surface area contributed by atoms with E-state index in [9.17, 15) is 0 Å². The van der Waals surface area contributed by atoms with E-state index in [0.29, 0.717) is 5.76 Å². The molecule has 1 aromatic rings. The summed E-state index contributed by atoms with van der Waals surface area (Å²) in [6, 6.07) is 0. The number of halogens is 2. The Kier molecular flexibility index (Phi) is 1.76. The Bertz CT molecular complexity index is 149. The molecule has 0 N–H and O–H groups in total. The minimum atomic E-state index is -0.600. The predicted octanol–water partition coefficient (Wildman–Crippen LogP) is 2.15. The molecule has 0 fully saturated rings. The molecule has 1 heterocycles. The molecule has 1 rings (SSSR count). The highest BCUT2D eigenvalue weighted by atomic mass is 35.5. The summed E-state index contributed by atoms with van der Waals surface area (Å²) in [4.78, 5) is 3.01. The third-order valence-corrected chi connectivity index (χ3v) is 1.10. The van der Waals surface area contributed by atoms with Crippen LogP contribution >= 0.6 is 23.2 Å². The van der Waals surface area contributed by atoms with Crippen LogP contribution in [0.3, 0.4) is 0 Å². The van der Waals surface area contributed by atoms with Crippen molar-refractivity contribution in [2.75, 3.05) is 0 Å². The molecule has 0 amide bonds. The third kappa shape index (κ3) is 1.14. The van der Waals surface area contributed by atoms with E-state index in [4.69, 9.17) is 27.6 Å². The Morgan fingerprint density at radius 3 is 2.62 bits per heavy atom. The maximum atomic E-state index is 5.38. The number of nitrogens with zero attached hydrogens (tertiary/aromatic N) is 1. The number of hydrogen-bond donors (Lipinski definition) is 0. The van der Waals surface area contributed by atoms with Crippen molar-refractivity contribution in [3.8, 4) is 0 Å². The molecule has 0 unspecified atom stereocenters. The SMILES string of the molecule is ClC(Cl)c1cnco1. The zero-order valence-electron chi connectivity index (χ0n) is 3.84. The van der Waals surface area contributed by atoms with Crippen molar-refractivity contribution >= 4 is 23.2 Å². The van der Waals surface area contributed by atoms with E-state index < -0.39 is 4.84 Å². The summed E-state index contributed by atoms with van der Waals surface area (Å²) in [7, 11) is 0. The van der Waals surface area contributed by atoms with Crippen LogP contribution in [0.2, 0.25) is 0 Å². The monoisotopic (exact) mass is 151 g/mol. The van der Waals surface area contributed by atoms with Crippen molar-refractivity contribution in [3.63, 3.8) is 0 Å². The number of rotatable bonds is 1. The molecule has 0 saturated heterocycles. The van der Waals surface area contributed by atoms with Crippen LogP contribution in [0.5, 0.6) is 0 Å². The van der Waals surface area contributed by atoms with Crippen LogP contribution in [-0.4, -0.2) is 4.98 Å². The van der Waals surface area contributed by atoms with Crippen LogP contribution < -0.4 is 0 Å². The fraction of sp³-hybridized carbons (Fsp3) is 0.250. The summed E-state index contributed by atoms with van der Waals surface area (Å²) in [6.07, 6.45) is 2.76. The first-order valence-electron chi connectivity index (χ1n) is 1.97. The van der Waals surface area contributed by atoms with Gasteiger partial charge in [-0.05, 0) is 0 Å². The van der Waals surface area contributed by atoms with Crippen molar-refractivity contribution in [2.24, 2.45) is 0 Å². The van der Waals surface area contributed by atoms with Crippen LogP contribution in [0.15, 0.2) is 17.0 Å². The van der Waals surface area contributed by atoms with Gasteiger partial charge in [0, 0.05) is 0 Å². The summed E-state index contributed by atoms with van der Waals surface area (Å²) < 4.78 is 4.72. The van der Waals surface area contributed by atoms with Gasteiger partial charge in [0.1, 0.15) is 0 Å². The molecular weight excluding hydrogens is 149 g/mol. The van der Waals surface area contributed by atoms with Crippen LogP contribution in [-0.2, 0) is 0 Å². The molecule has 4 heteroatoms. The molecule has 0 aromatic carbocycles. The fourth-order valence-electron chi connectivity index (χ4n) is 0.333. The minimum Gasteiger partial charge on any atom is -0.446 e. The summed E-state index contributed by atoms with van der Waals surface area (Å²) in [6.45, 7) is 0. The molecule has 0 aliphatic heterocycles. The lowest BCUT2D eigenvalue weighted by molar-refractivity contribution is 0.519. The first-order valence-corrected chi connectivity index (χ1v) is 2.84. The van der Waals surface area contributed by atoms with Gasteiger partial charge < -0.3 is 4.42 Å². The summed E-state index contributed by atoms with van der Waals surface area (Å²) in [5.74, 6) is 0.480.